The molecule has 1 aromatic rings. The molecule has 0 N–H and O–H groups in total. The Morgan fingerprint density at radius 1 is 1.32 bits per heavy atom. The first kappa shape index (κ1) is 16.1. The number of aromatic nitrogens is 1. The molecule has 0 aromatic carbocycles. The lowest BCUT2D eigenvalue weighted by molar-refractivity contribution is -0.133. The number of rotatable bonds is 6. The van der Waals surface area contributed by atoms with Gasteiger partial charge < -0.3 is 14.4 Å². The minimum atomic E-state index is -2.67. The second-order valence-corrected chi connectivity index (χ2v) is 4.72. The average Bonchev–Trinajstić information content (AvgIpc) is 3.05. The van der Waals surface area contributed by atoms with Crippen molar-refractivity contribution >= 4 is 11.9 Å². The first-order valence-corrected chi connectivity index (χ1v) is 6.89. The summed E-state index contributed by atoms with van der Waals surface area (Å²) in [7, 11) is 0. The minimum Gasteiger partial charge on any atom is -0.485 e. The standard InChI is InChI=1S/C14H16F2N2O4/c15-11(16)8-21-10-4-3-5-17-13(10)14(20)22-9-12(19)18-6-1-2-7-18/h3-5,11H,1-2,6-9H2. The van der Waals surface area contributed by atoms with Gasteiger partial charge in [0.25, 0.3) is 12.3 Å². The Hall–Kier alpha value is -2.25. The highest BCUT2D eigenvalue weighted by Gasteiger charge is 2.22. The number of hydrogen-bond acceptors (Lipinski definition) is 5. The molecule has 1 aromatic heterocycles. The first-order chi connectivity index (χ1) is 10.6. The number of amides is 1. The summed E-state index contributed by atoms with van der Waals surface area (Å²) in [4.78, 5) is 29.1. The van der Waals surface area contributed by atoms with Crippen LogP contribution in [0.3, 0.4) is 0 Å². The van der Waals surface area contributed by atoms with E-state index in [1.807, 2.05) is 0 Å². The molecule has 120 valence electrons. The van der Waals surface area contributed by atoms with Crippen LogP contribution in [0.5, 0.6) is 5.75 Å². The van der Waals surface area contributed by atoms with Crippen molar-refractivity contribution in [3.05, 3.63) is 24.0 Å². The smallest absolute Gasteiger partial charge is 0.361 e. The number of alkyl halides is 2. The fourth-order valence-corrected chi connectivity index (χ4v) is 2.07. The van der Waals surface area contributed by atoms with E-state index in [0.29, 0.717) is 13.1 Å². The number of carbonyl (C=O) groups excluding carboxylic acids is 2. The van der Waals surface area contributed by atoms with E-state index in [2.05, 4.69) is 4.98 Å². The van der Waals surface area contributed by atoms with Gasteiger partial charge in [-0.2, -0.15) is 0 Å². The molecule has 0 spiro atoms. The van der Waals surface area contributed by atoms with Crippen molar-refractivity contribution in [2.75, 3.05) is 26.3 Å². The van der Waals surface area contributed by atoms with E-state index in [-0.39, 0.29) is 17.4 Å². The monoisotopic (exact) mass is 314 g/mol. The lowest BCUT2D eigenvalue weighted by Gasteiger charge is -2.15. The molecule has 0 radical (unpaired) electrons. The predicted molar refractivity (Wildman–Crippen MR) is 71.8 cm³/mol. The number of hydrogen-bond donors (Lipinski definition) is 0. The van der Waals surface area contributed by atoms with Gasteiger partial charge in [-0.3, -0.25) is 4.79 Å². The number of carbonyl (C=O) groups is 2. The molecule has 0 aliphatic carbocycles. The van der Waals surface area contributed by atoms with Gasteiger partial charge in [0.2, 0.25) is 0 Å². The van der Waals surface area contributed by atoms with Crippen LogP contribution in [0.2, 0.25) is 0 Å². The Morgan fingerprint density at radius 2 is 2.05 bits per heavy atom. The van der Waals surface area contributed by atoms with Gasteiger partial charge >= 0.3 is 5.97 Å². The van der Waals surface area contributed by atoms with Crippen LogP contribution in [-0.2, 0) is 9.53 Å². The van der Waals surface area contributed by atoms with Crippen molar-refractivity contribution < 1.29 is 27.8 Å². The van der Waals surface area contributed by atoms with E-state index in [1.165, 1.54) is 18.3 Å². The van der Waals surface area contributed by atoms with Crippen molar-refractivity contribution in [1.29, 1.82) is 0 Å². The second kappa shape index (κ2) is 7.67. The van der Waals surface area contributed by atoms with Gasteiger partial charge in [0.1, 0.15) is 6.61 Å². The zero-order valence-corrected chi connectivity index (χ0v) is 11.8. The van der Waals surface area contributed by atoms with Gasteiger partial charge in [-0.05, 0) is 25.0 Å². The molecule has 2 heterocycles. The zero-order chi connectivity index (χ0) is 15.9. The van der Waals surface area contributed by atoms with Crippen LogP contribution in [0.15, 0.2) is 18.3 Å². The number of likely N-dealkylation sites (tertiary alicyclic amines) is 1. The summed E-state index contributed by atoms with van der Waals surface area (Å²) >= 11 is 0. The highest BCUT2D eigenvalue weighted by Crippen LogP contribution is 2.17. The summed E-state index contributed by atoms with van der Waals surface area (Å²) in [6, 6.07) is 2.79. The first-order valence-electron chi connectivity index (χ1n) is 6.89. The molecule has 0 unspecified atom stereocenters. The van der Waals surface area contributed by atoms with Crippen molar-refractivity contribution in [3.63, 3.8) is 0 Å². The van der Waals surface area contributed by atoms with Gasteiger partial charge in [-0.15, -0.1) is 0 Å². The van der Waals surface area contributed by atoms with E-state index < -0.39 is 25.6 Å². The molecule has 1 amide bonds. The van der Waals surface area contributed by atoms with Crippen LogP contribution in [0.1, 0.15) is 23.3 Å². The summed E-state index contributed by atoms with van der Waals surface area (Å²) in [5, 5.41) is 0. The van der Waals surface area contributed by atoms with E-state index in [4.69, 9.17) is 9.47 Å². The van der Waals surface area contributed by atoms with Crippen molar-refractivity contribution in [3.8, 4) is 5.75 Å². The van der Waals surface area contributed by atoms with Crippen molar-refractivity contribution in [2.24, 2.45) is 0 Å². The van der Waals surface area contributed by atoms with Crippen LogP contribution in [-0.4, -0.2) is 54.5 Å². The normalized spacial score (nSPS) is 14.2. The van der Waals surface area contributed by atoms with E-state index in [0.717, 1.165) is 12.8 Å². The van der Waals surface area contributed by atoms with Crippen molar-refractivity contribution in [2.45, 2.75) is 19.3 Å². The fourth-order valence-electron chi connectivity index (χ4n) is 2.07. The third kappa shape index (κ3) is 4.37. The maximum Gasteiger partial charge on any atom is 0.361 e. The van der Waals surface area contributed by atoms with E-state index >= 15 is 0 Å². The maximum absolute atomic E-state index is 12.2. The lowest BCUT2D eigenvalue weighted by atomic mass is 10.3. The Kier molecular flexibility index (Phi) is 5.62. The fraction of sp³-hybridized carbons (Fsp3) is 0.500. The molecular weight excluding hydrogens is 298 g/mol. The predicted octanol–water partition coefficient (Wildman–Crippen LogP) is 1.50. The number of ether oxygens (including phenoxy) is 2. The van der Waals surface area contributed by atoms with Crippen LogP contribution >= 0.6 is 0 Å². The maximum atomic E-state index is 12.2. The molecule has 1 fully saturated rings. The molecule has 0 atom stereocenters. The largest absolute Gasteiger partial charge is 0.485 e. The minimum absolute atomic E-state index is 0.0959. The summed E-state index contributed by atoms with van der Waals surface area (Å²) < 4.78 is 34.0. The molecule has 0 saturated carbocycles. The highest BCUT2D eigenvalue weighted by molar-refractivity contribution is 5.92. The van der Waals surface area contributed by atoms with Gasteiger partial charge in [0.05, 0.1) is 0 Å². The Bertz CT molecular complexity index is 533. The summed E-state index contributed by atoms with van der Waals surface area (Å²) in [5.41, 5.74) is -0.225. The molecule has 2 rings (SSSR count). The van der Waals surface area contributed by atoms with Crippen LogP contribution < -0.4 is 4.74 Å². The average molecular weight is 314 g/mol. The molecule has 1 aliphatic heterocycles. The van der Waals surface area contributed by atoms with E-state index in [1.54, 1.807) is 4.90 Å². The van der Waals surface area contributed by atoms with Gasteiger partial charge in [-0.1, -0.05) is 0 Å². The molecule has 8 heteroatoms. The quantitative estimate of drug-likeness (QED) is 0.744. The lowest BCUT2D eigenvalue weighted by Crippen LogP contribution is -2.32. The third-order valence-corrected chi connectivity index (χ3v) is 3.11. The Labute approximate surface area is 126 Å². The van der Waals surface area contributed by atoms with Crippen LogP contribution in [0, 0.1) is 0 Å². The van der Waals surface area contributed by atoms with Gasteiger partial charge in [0, 0.05) is 19.3 Å². The van der Waals surface area contributed by atoms with Gasteiger partial charge in [0.15, 0.2) is 18.1 Å². The second-order valence-electron chi connectivity index (χ2n) is 4.72. The van der Waals surface area contributed by atoms with Crippen LogP contribution in [0.25, 0.3) is 0 Å². The zero-order valence-electron chi connectivity index (χ0n) is 11.8. The SMILES string of the molecule is O=C(OCC(=O)N1CCCC1)c1ncccc1OCC(F)F. The topological polar surface area (TPSA) is 68.7 Å². The highest BCUT2D eigenvalue weighted by atomic mass is 19.3. The summed E-state index contributed by atoms with van der Waals surface area (Å²) in [6.07, 6.45) is 0.520. The Morgan fingerprint density at radius 3 is 2.73 bits per heavy atom. The van der Waals surface area contributed by atoms with Crippen molar-refractivity contribution in [1.82, 2.24) is 9.88 Å². The van der Waals surface area contributed by atoms with Gasteiger partial charge in [-0.25, -0.2) is 18.6 Å². The third-order valence-electron chi connectivity index (χ3n) is 3.11. The Balaban J connectivity index is 1.92. The number of halogens is 2. The van der Waals surface area contributed by atoms with E-state index in [9.17, 15) is 18.4 Å². The van der Waals surface area contributed by atoms with Crippen LogP contribution in [0.4, 0.5) is 8.78 Å². The molecular formula is C14H16F2N2O4. The summed E-state index contributed by atoms with van der Waals surface area (Å²) in [5.74, 6) is -1.25. The molecule has 1 aliphatic rings. The molecule has 0 bridgehead atoms. The number of esters is 1. The molecule has 6 nitrogen and oxygen atoms in total. The number of nitrogens with zero attached hydrogens (tertiary/aromatic N) is 2. The number of pyridine rings is 1. The molecule has 1 saturated heterocycles. The molecule has 22 heavy (non-hydrogen) atoms. The summed E-state index contributed by atoms with van der Waals surface area (Å²) in [6.45, 7) is 0.0633.